The fourth-order valence-corrected chi connectivity index (χ4v) is 2.10. The summed E-state index contributed by atoms with van der Waals surface area (Å²) in [5.41, 5.74) is 0. The molecule has 0 unspecified atom stereocenters. The Hall–Kier alpha value is -2.12. The maximum absolute atomic E-state index is 11.9. The van der Waals surface area contributed by atoms with Crippen LogP contribution in [0.5, 0.6) is 0 Å². The average Bonchev–Trinajstić information content (AvgIpc) is 2.92. The number of carbonyl (C=O) groups excluding carboxylic acids is 1. The van der Waals surface area contributed by atoms with Crippen molar-refractivity contribution in [2.24, 2.45) is 5.92 Å². The predicted molar refractivity (Wildman–Crippen MR) is 65.4 cm³/mol. The zero-order valence-corrected chi connectivity index (χ0v) is 10.5. The van der Waals surface area contributed by atoms with Gasteiger partial charge in [0.05, 0.1) is 18.7 Å². The van der Waals surface area contributed by atoms with Crippen LogP contribution in [0, 0.1) is 5.92 Å². The summed E-state index contributed by atoms with van der Waals surface area (Å²) in [4.78, 5) is 24.3. The molecule has 1 aromatic rings. The van der Waals surface area contributed by atoms with Crippen LogP contribution in [0.1, 0.15) is 12.8 Å². The van der Waals surface area contributed by atoms with Crippen LogP contribution in [0.2, 0.25) is 0 Å². The minimum Gasteiger partial charge on any atom is -0.481 e. The maximum atomic E-state index is 11.9. The van der Waals surface area contributed by atoms with E-state index < -0.39 is 11.9 Å². The topological polar surface area (TPSA) is 100 Å². The number of amides is 2. The molecule has 8 heteroatoms. The van der Waals surface area contributed by atoms with Gasteiger partial charge >= 0.3 is 12.0 Å². The number of rotatable bonds is 4. The zero-order valence-electron chi connectivity index (χ0n) is 10.5. The van der Waals surface area contributed by atoms with Gasteiger partial charge < -0.3 is 15.3 Å². The first kappa shape index (κ1) is 13.3. The molecule has 0 spiro atoms. The molecule has 19 heavy (non-hydrogen) atoms. The van der Waals surface area contributed by atoms with Gasteiger partial charge in [-0.1, -0.05) is 5.21 Å². The SMILES string of the molecule is O=C(O)[C@H]1CCCN(C(=O)NCCn2ccnn2)C1. The van der Waals surface area contributed by atoms with E-state index in [-0.39, 0.29) is 12.6 Å². The highest BCUT2D eigenvalue weighted by atomic mass is 16.4. The van der Waals surface area contributed by atoms with Crippen molar-refractivity contribution >= 4 is 12.0 Å². The second kappa shape index (κ2) is 6.17. The highest BCUT2D eigenvalue weighted by molar-refractivity contribution is 5.76. The second-order valence-corrected chi connectivity index (χ2v) is 4.52. The van der Waals surface area contributed by atoms with Crippen molar-refractivity contribution in [3.05, 3.63) is 12.4 Å². The molecule has 1 aromatic heterocycles. The Bertz CT molecular complexity index is 434. The third kappa shape index (κ3) is 3.67. The molecule has 0 aromatic carbocycles. The number of carboxylic acids is 1. The van der Waals surface area contributed by atoms with Crippen molar-refractivity contribution in [1.29, 1.82) is 0 Å². The van der Waals surface area contributed by atoms with E-state index in [2.05, 4.69) is 15.6 Å². The highest BCUT2D eigenvalue weighted by Crippen LogP contribution is 2.16. The molecule has 1 atom stereocenters. The molecule has 104 valence electrons. The Morgan fingerprint density at radius 3 is 3.00 bits per heavy atom. The summed E-state index contributed by atoms with van der Waals surface area (Å²) < 4.78 is 1.62. The lowest BCUT2D eigenvalue weighted by Crippen LogP contribution is -2.47. The quantitative estimate of drug-likeness (QED) is 0.785. The number of piperidine rings is 1. The molecule has 1 aliphatic rings. The number of aliphatic carboxylic acids is 1. The Morgan fingerprint density at radius 2 is 2.32 bits per heavy atom. The normalized spacial score (nSPS) is 19.2. The van der Waals surface area contributed by atoms with E-state index in [1.807, 2.05) is 0 Å². The van der Waals surface area contributed by atoms with Crippen LogP contribution in [0.15, 0.2) is 12.4 Å². The molecular weight excluding hydrogens is 250 g/mol. The van der Waals surface area contributed by atoms with Gasteiger partial charge in [0.15, 0.2) is 0 Å². The van der Waals surface area contributed by atoms with Crippen LogP contribution >= 0.6 is 0 Å². The molecule has 2 rings (SSSR count). The summed E-state index contributed by atoms with van der Waals surface area (Å²) >= 11 is 0. The number of carbonyl (C=O) groups is 2. The Morgan fingerprint density at radius 1 is 1.47 bits per heavy atom. The van der Waals surface area contributed by atoms with Gasteiger partial charge in [-0.3, -0.25) is 9.48 Å². The van der Waals surface area contributed by atoms with Crippen LogP contribution in [0.25, 0.3) is 0 Å². The molecule has 2 N–H and O–H groups in total. The first-order valence-electron chi connectivity index (χ1n) is 6.26. The molecule has 0 aliphatic carbocycles. The molecule has 0 saturated carbocycles. The summed E-state index contributed by atoms with van der Waals surface area (Å²) in [6.45, 7) is 1.88. The van der Waals surface area contributed by atoms with Crippen LogP contribution in [-0.2, 0) is 11.3 Å². The van der Waals surface area contributed by atoms with Gasteiger partial charge in [0.1, 0.15) is 0 Å². The van der Waals surface area contributed by atoms with Crippen LogP contribution in [0.4, 0.5) is 4.79 Å². The van der Waals surface area contributed by atoms with Gasteiger partial charge in [0.25, 0.3) is 0 Å². The van der Waals surface area contributed by atoms with E-state index in [1.54, 1.807) is 22.0 Å². The predicted octanol–water partition coefficient (Wildman–Crippen LogP) is -0.216. The maximum Gasteiger partial charge on any atom is 0.317 e. The molecule has 1 aliphatic heterocycles. The standard InChI is InChI=1S/C11H17N5O3/c17-10(18)9-2-1-5-15(8-9)11(19)12-3-6-16-7-4-13-14-16/h4,7,9H,1-3,5-6,8H2,(H,12,19)(H,17,18)/t9-/m0/s1. The van der Waals surface area contributed by atoms with E-state index in [4.69, 9.17) is 5.11 Å². The number of aromatic nitrogens is 3. The first-order valence-corrected chi connectivity index (χ1v) is 6.26. The Labute approximate surface area is 110 Å². The summed E-state index contributed by atoms with van der Waals surface area (Å²) in [7, 11) is 0. The summed E-state index contributed by atoms with van der Waals surface area (Å²) in [6, 6.07) is -0.217. The number of nitrogens with zero attached hydrogens (tertiary/aromatic N) is 4. The molecule has 2 heterocycles. The van der Waals surface area contributed by atoms with Gasteiger partial charge in [-0.25, -0.2) is 4.79 Å². The highest BCUT2D eigenvalue weighted by Gasteiger charge is 2.27. The minimum absolute atomic E-state index is 0.217. The fraction of sp³-hybridized carbons (Fsp3) is 0.636. The summed E-state index contributed by atoms with van der Waals surface area (Å²) in [6.07, 6.45) is 4.66. The second-order valence-electron chi connectivity index (χ2n) is 4.52. The van der Waals surface area contributed by atoms with Crippen molar-refractivity contribution in [3.8, 4) is 0 Å². The number of hydrogen-bond donors (Lipinski definition) is 2. The molecule has 1 fully saturated rings. The molecule has 1 saturated heterocycles. The molecule has 0 radical (unpaired) electrons. The molecule has 0 bridgehead atoms. The third-order valence-electron chi connectivity index (χ3n) is 3.15. The lowest BCUT2D eigenvalue weighted by atomic mass is 9.99. The molecule has 8 nitrogen and oxygen atoms in total. The van der Waals surface area contributed by atoms with Gasteiger partial charge in [-0.05, 0) is 12.8 Å². The van der Waals surface area contributed by atoms with E-state index >= 15 is 0 Å². The smallest absolute Gasteiger partial charge is 0.317 e. The van der Waals surface area contributed by atoms with E-state index in [9.17, 15) is 9.59 Å². The number of carboxylic acid groups (broad SMARTS) is 1. The van der Waals surface area contributed by atoms with Crippen molar-refractivity contribution in [1.82, 2.24) is 25.2 Å². The molecule has 2 amide bonds. The zero-order chi connectivity index (χ0) is 13.7. The monoisotopic (exact) mass is 267 g/mol. The van der Waals surface area contributed by atoms with E-state index in [1.165, 1.54) is 0 Å². The summed E-state index contributed by atoms with van der Waals surface area (Å²) in [5, 5.41) is 19.2. The van der Waals surface area contributed by atoms with Crippen LogP contribution < -0.4 is 5.32 Å². The van der Waals surface area contributed by atoms with E-state index in [0.717, 1.165) is 6.42 Å². The molecular formula is C11H17N5O3. The van der Waals surface area contributed by atoms with Crippen molar-refractivity contribution < 1.29 is 14.7 Å². The Kier molecular flexibility index (Phi) is 4.32. The number of hydrogen-bond acceptors (Lipinski definition) is 4. The number of nitrogens with one attached hydrogen (secondary N) is 1. The van der Waals surface area contributed by atoms with Crippen LogP contribution in [0.3, 0.4) is 0 Å². The van der Waals surface area contributed by atoms with Crippen LogP contribution in [-0.4, -0.2) is 56.6 Å². The average molecular weight is 267 g/mol. The van der Waals surface area contributed by atoms with Gasteiger partial charge in [-0.15, -0.1) is 5.10 Å². The van der Waals surface area contributed by atoms with Crippen molar-refractivity contribution in [3.63, 3.8) is 0 Å². The largest absolute Gasteiger partial charge is 0.481 e. The lowest BCUT2D eigenvalue weighted by molar-refractivity contribution is -0.143. The third-order valence-corrected chi connectivity index (χ3v) is 3.15. The van der Waals surface area contributed by atoms with Crippen molar-refractivity contribution in [2.75, 3.05) is 19.6 Å². The number of likely N-dealkylation sites (tertiary alicyclic amines) is 1. The number of urea groups is 1. The minimum atomic E-state index is -0.833. The van der Waals surface area contributed by atoms with E-state index in [0.29, 0.717) is 26.1 Å². The van der Waals surface area contributed by atoms with Gasteiger partial charge in [-0.2, -0.15) is 0 Å². The van der Waals surface area contributed by atoms with Crippen molar-refractivity contribution in [2.45, 2.75) is 19.4 Å². The van der Waals surface area contributed by atoms with Gasteiger partial charge in [0, 0.05) is 25.8 Å². The van der Waals surface area contributed by atoms with Gasteiger partial charge in [0.2, 0.25) is 0 Å². The lowest BCUT2D eigenvalue weighted by Gasteiger charge is -2.30. The Balaban J connectivity index is 1.74. The summed E-state index contributed by atoms with van der Waals surface area (Å²) in [5.74, 6) is -1.28. The first-order chi connectivity index (χ1) is 9.16. The fourth-order valence-electron chi connectivity index (χ4n) is 2.10.